The molecular formula is C104H52N12S8. The summed E-state index contributed by atoms with van der Waals surface area (Å²) in [6.07, 6.45) is 31.2. The minimum absolute atomic E-state index is 0.965. The van der Waals surface area contributed by atoms with Crippen molar-refractivity contribution in [2.24, 2.45) is 0 Å². The van der Waals surface area contributed by atoms with Crippen LogP contribution in [0.3, 0.4) is 0 Å². The molecule has 124 heavy (non-hydrogen) atoms. The van der Waals surface area contributed by atoms with Gasteiger partial charge in [0, 0.05) is 285 Å². The molecule has 20 aromatic heterocycles. The first-order valence-electron chi connectivity index (χ1n) is 40.7. The maximum atomic E-state index is 4.72. The van der Waals surface area contributed by atoms with Crippen LogP contribution in [-0.2, 0) is 0 Å². The molecular weight excluding hydrogens is 1670 g/mol. The van der Waals surface area contributed by atoms with E-state index in [1.54, 1.807) is 0 Å². The van der Waals surface area contributed by atoms with Gasteiger partial charge in [0.2, 0.25) is 0 Å². The van der Waals surface area contributed by atoms with E-state index in [4.69, 9.17) is 9.97 Å². The van der Waals surface area contributed by atoms with Crippen LogP contribution in [0, 0.1) is 0 Å². The van der Waals surface area contributed by atoms with Crippen molar-refractivity contribution in [1.29, 1.82) is 0 Å². The second kappa shape index (κ2) is 25.7. The smallest absolute Gasteiger partial charge is 0.146 e. The Morgan fingerprint density at radius 2 is 0.468 bits per heavy atom. The molecule has 32 aromatic rings. The number of hydrogen-bond donors (Lipinski definition) is 0. The SMILES string of the molecule is c1ccc2c(c1)sc1c2c2c3ccccc3sc2c2c1c1ccncc1c1nccn12.c1ccc2c(c1)sc1c2c2sc3ccccc3c2c2c3ccncc3c3nccn3c12.c1ccc2c(c1)sc1c2ccc2sc3c(ccc4c5ccncc5c5nccn5c43)c21.c1ccc2c(c1)sc1ccc3sc4c(ccc5c6ccncc6c6nccn6c54)c3c12. The van der Waals surface area contributed by atoms with Crippen LogP contribution in [0.2, 0.25) is 0 Å². The number of thiophene rings is 8. The van der Waals surface area contributed by atoms with Crippen LogP contribution in [0.4, 0.5) is 0 Å². The summed E-state index contributed by atoms with van der Waals surface area (Å²) in [5.74, 6) is 0. The van der Waals surface area contributed by atoms with Crippen molar-refractivity contribution in [1.82, 2.24) is 57.5 Å². The number of rotatable bonds is 0. The van der Waals surface area contributed by atoms with E-state index in [0.717, 1.165) is 44.1 Å². The molecule has 0 saturated heterocycles. The Labute approximate surface area is 729 Å². The van der Waals surface area contributed by atoms with E-state index in [1.165, 1.54) is 227 Å². The zero-order valence-electron chi connectivity index (χ0n) is 64.7. The largest absolute Gasteiger partial charge is 0.298 e. The molecule has 0 spiro atoms. The molecule has 0 unspecified atom stereocenters. The van der Waals surface area contributed by atoms with Crippen molar-refractivity contribution in [3.05, 3.63) is 318 Å². The molecule has 576 valence electrons. The van der Waals surface area contributed by atoms with Gasteiger partial charge in [0.25, 0.3) is 0 Å². The van der Waals surface area contributed by atoms with Crippen molar-refractivity contribution >= 4 is 361 Å². The van der Waals surface area contributed by atoms with Crippen molar-refractivity contribution in [3.63, 3.8) is 0 Å². The van der Waals surface area contributed by atoms with Crippen LogP contribution in [-0.4, -0.2) is 57.5 Å². The van der Waals surface area contributed by atoms with Gasteiger partial charge in [-0.3, -0.25) is 37.5 Å². The lowest BCUT2D eigenvalue weighted by atomic mass is 9.99. The molecule has 0 saturated carbocycles. The molecule has 20 heteroatoms. The zero-order chi connectivity index (χ0) is 80.4. The van der Waals surface area contributed by atoms with E-state index in [0.29, 0.717) is 0 Å². The number of hydrogen-bond acceptors (Lipinski definition) is 16. The normalized spacial score (nSPS) is 12.5. The first-order chi connectivity index (χ1) is 61.6. The summed E-state index contributed by atoms with van der Waals surface area (Å²) in [5.41, 5.74) is 8.83. The molecule has 32 rings (SSSR count). The maximum Gasteiger partial charge on any atom is 0.146 e. The van der Waals surface area contributed by atoms with Crippen LogP contribution in [0.15, 0.2) is 318 Å². The number of fused-ring (bicyclic) bond motifs is 58. The fourth-order valence-electron chi connectivity index (χ4n) is 20.3. The molecule has 0 aliphatic heterocycles. The molecule has 12 nitrogen and oxygen atoms in total. The predicted molar refractivity (Wildman–Crippen MR) is 535 cm³/mol. The monoisotopic (exact) mass is 1720 g/mol. The summed E-state index contributed by atoms with van der Waals surface area (Å²) in [5, 5.41) is 35.9. The second-order valence-electron chi connectivity index (χ2n) is 31.5. The zero-order valence-corrected chi connectivity index (χ0v) is 71.2. The minimum Gasteiger partial charge on any atom is -0.298 e. The first-order valence-corrected chi connectivity index (χ1v) is 47.2. The fraction of sp³-hybridized carbons (Fsp3) is 0. The molecule has 0 radical (unpaired) electrons. The molecule has 20 heterocycles. The lowest BCUT2D eigenvalue weighted by molar-refractivity contribution is 1.27. The average molecular weight is 1730 g/mol. The van der Waals surface area contributed by atoms with Crippen LogP contribution >= 0.6 is 90.7 Å². The Balaban J connectivity index is 0.0000000828. The lowest BCUT2D eigenvalue weighted by Crippen LogP contribution is -1.92. The first kappa shape index (κ1) is 68.5. The highest BCUT2D eigenvalue weighted by Gasteiger charge is 2.28. The Hall–Kier alpha value is -14.2. The van der Waals surface area contributed by atoms with E-state index in [-0.39, 0.29) is 0 Å². The van der Waals surface area contributed by atoms with Crippen LogP contribution < -0.4 is 0 Å². The van der Waals surface area contributed by atoms with Gasteiger partial charge >= 0.3 is 0 Å². The van der Waals surface area contributed by atoms with Gasteiger partial charge in [0.05, 0.1) is 40.9 Å². The fourth-order valence-corrected chi connectivity index (χ4v) is 30.4. The number of nitrogens with zero attached hydrogens (tertiary/aromatic N) is 12. The highest BCUT2D eigenvalue weighted by atomic mass is 32.1. The summed E-state index contributed by atoms with van der Waals surface area (Å²) in [6.45, 7) is 0. The Morgan fingerprint density at radius 3 is 0.976 bits per heavy atom. The Kier molecular flexibility index (Phi) is 14.2. The van der Waals surface area contributed by atoms with Gasteiger partial charge in [0.15, 0.2) is 0 Å². The molecule has 0 amide bonds. The van der Waals surface area contributed by atoms with E-state index >= 15 is 0 Å². The summed E-state index contributed by atoms with van der Waals surface area (Å²) < 4.78 is 30.4. The Morgan fingerprint density at radius 1 is 0.161 bits per heavy atom. The van der Waals surface area contributed by atoms with E-state index in [1.807, 2.05) is 165 Å². The molecule has 0 N–H and O–H groups in total. The molecule has 12 aromatic carbocycles. The van der Waals surface area contributed by atoms with Gasteiger partial charge in [-0.25, -0.2) is 19.9 Å². The number of imidazole rings is 4. The van der Waals surface area contributed by atoms with Crippen LogP contribution in [0.1, 0.15) is 0 Å². The predicted octanol–water partition coefficient (Wildman–Crippen LogP) is 31.1. The minimum atomic E-state index is 0.965. The Bertz CT molecular complexity index is 10400. The quantitative estimate of drug-likeness (QED) is 0.138. The number of benzene rings is 12. The van der Waals surface area contributed by atoms with Gasteiger partial charge in [-0.05, 0) is 100 Å². The van der Waals surface area contributed by atoms with Gasteiger partial charge in [0.1, 0.15) is 22.6 Å². The van der Waals surface area contributed by atoms with Gasteiger partial charge in [-0.1, -0.05) is 140 Å². The van der Waals surface area contributed by atoms with Crippen LogP contribution in [0.5, 0.6) is 0 Å². The van der Waals surface area contributed by atoms with Crippen molar-refractivity contribution < 1.29 is 0 Å². The highest BCUT2D eigenvalue weighted by molar-refractivity contribution is 7.32. The van der Waals surface area contributed by atoms with Crippen molar-refractivity contribution in [2.45, 2.75) is 0 Å². The molecule has 0 aliphatic rings. The number of aromatic nitrogens is 12. The van der Waals surface area contributed by atoms with Gasteiger partial charge in [-0.2, -0.15) is 0 Å². The summed E-state index contributed by atoms with van der Waals surface area (Å²) >= 11 is 15.1. The third-order valence-electron chi connectivity index (χ3n) is 25.4. The standard InChI is InChI=1S/4C26H13N3S2/c1-3-7-18-15(5-1)20-21-16-6-2-4-8-19(16)31-25(21)23-22(24(20)30-18)14-9-10-27-13-17(14)26-28-11-12-29(23)26;1-3-7-18-15(5-1)21-20-14-9-10-27-13-17(14)26-28-11-12-29(26)23(20)25-22(24(21)30-18)16-6-2-4-8-19(16)31-25;1-2-4-19-16(3-1)22-20(30-19)7-8-21-23(22)17-6-5-15-14-9-10-27-13-18(14)26-28-11-12-29(26)24(15)25(17)31-21;1-2-4-20-15(3-1)17-7-8-21-22(24(17)30-20)18-6-5-16-14-9-10-27-13-19(14)26-28-11-12-29(26)23(16)25(18)31-21/h4*1-13H. The van der Waals surface area contributed by atoms with E-state index in [2.05, 4.69) is 291 Å². The lowest BCUT2D eigenvalue weighted by Gasteiger charge is -2.11. The summed E-state index contributed by atoms with van der Waals surface area (Å²) in [6, 6.07) is 79.5. The third-order valence-corrected chi connectivity index (χ3v) is 34.8. The van der Waals surface area contributed by atoms with Gasteiger partial charge < -0.3 is 0 Å². The summed E-state index contributed by atoms with van der Waals surface area (Å²) in [7, 11) is 0. The average Bonchev–Trinajstić information content (AvgIpc) is 1.52. The van der Waals surface area contributed by atoms with Crippen molar-refractivity contribution in [3.8, 4) is 0 Å². The van der Waals surface area contributed by atoms with E-state index in [9.17, 15) is 0 Å². The van der Waals surface area contributed by atoms with Crippen LogP contribution in [0.25, 0.3) is 271 Å². The van der Waals surface area contributed by atoms with Crippen molar-refractivity contribution in [2.75, 3.05) is 0 Å². The van der Waals surface area contributed by atoms with Gasteiger partial charge in [-0.15, -0.1) is 90.7 Å². The molecule has 0 atom stereocenters. The third kappa shape index (κ3) is 9.30. The second-order valence-corrected chi connectivity index (χ2v) is 40.0. The van der Waals surface area contributed by atoms with E-state index < -0.39 is 0 Å². The summed E-state index contributed by atoms with van der Waals surface area (Å²) in [4.78, 5) is 36.3. The molecule has 0 aliphatic carbocycles. The number of pyridine rings is 8. The molecule has 0 fully saturated rings. The highest BCUT2D eigenvalue weighted by Crippen LogP contribution is 2.56. The topological polar surface area (TPSA) is 121 Å². The maximum absolute atomic E-state index is 4.72. The molecule has 0 bridgehead atoms.